The molecule has 1 aliphatic rings. The molecule has 0 radical (unpaired) electrons. The Morgan fingerprint density at radius 1 is 1.21 bits per heavy atom. The van der Waals surface area contributed by atoms with E-state index in [1.807, 2.05) is 29.6 Å². The van der Waals surface area contributed by atoms with Crippen LogP contribution in [-0.4, -0.2) is 35.0 Å². The summed E-state index contributed by atoms with van der Waals surface area (Å²) in [5.41, 5.74) is 0.293. The number of thioether (sulfide) groups is 1. The minimum atomic E-state index is -0.415. The van der Waals surface area contributed by atoms with Gasteiger partial charge in [0.05, 0.1) is 12.3 Å². The van der Waals surface area contributed by atoms with Gasteiger partial charge in [-0.05, 0) is 35.7 Å². The Labute approximate surface area is 185 Å². The first-order valence-corrected chi connectivity index (χ1v) is 11.7. The number of carbonyl (C=O) groups is 3. The lowest BCUT2D eigenvalue weighted by atomic mass is 10.1. The normalized spacial score (nSPS) is 18.7. The smallest absolute Gasteiger partial charge is 0.234 e. The highest BCUT2D eigenvalue weighted by molar-refractivity contribution is 9.10. The van der Waals surface area contributed by atoms with Crippen molar-refractivity contribution in [1.82, 2.24) is 16.0 Å². The number of nitrogens with one attached hydrogen (secondary N) is 4. The average molecular weight is 497 g/mol. The topological polar surface area (TPSA) is 99.3 Å². The molecule has 154 valence electrons. The van der Waals surface area contributed by atoms with Gasteiger partial charge < -0.3 is 16.0 Å². The van der Waals surface area contributed by atoms with Crippen molar-refractivity contribution in [2.24, 2.45) is 0 Å². The largest absolute Gasteiger partial charge is 0.351 e. The summed E-state index contributed by atoms with van der Waals surface area (Å²) in [6.45, 7) is 0.490. The highest BCUT2D eigenvalue weighted by Gasteiger charge is 2.28. The van der Waals surface area contributed by atoms with E-state index in [-0.39, 0.29) is 42.4 Å². The Morgan fingerprint density at radius 3 is 2.72 bits per heavy atom. The zero-order chi connectivity index (χ0) is 20.6. The van der Waals surface area contributed by atoms with Crippen LogP contribution in [0.1, 0.15) is 17.7 Å². The average Bonchev–Trinajstić information content (AvgIpc) is 3.20. The van der Waals surface area contributed by atoms with Gasteiger partial charge in [0, 0.05) is 33.9 Å². The standard InChI is InChI=1S/C19H21BrN4O3S2/c20-12-3-5-13(6-4-12)22-18(27)11-29-19-23-14(9-17(26)24-19)8-16(25)21-10-15-2-1-7-28-15/h1-7,14,19,23H,8-11H2,(H,21,25)(H,22,27)(H,24,26). The van der Waals surface area contributed by atoms with E-state index in [9.17, 15) is 14.4 Å². The van der Waals surface area contributed by atoms with Crippen molar-refractivity contribution in [2.75, 3.05) is 11.1 Å². The van der Waals surface area contributed by atoms with Crippen molar-refractivity contribution >= 4 is 62.4 Å². The van der Waals surface area contributed by atoms with E-state index in [4.69, 9.17) is 0 Å². The summed E-state index contributed by atoms with van der Waals surface area (Å²) in [7, 11) is 0. The third-order valence-corrected chi connectivity index (χ3v) is 6.51. The van der Waals surface area contributed by atoms with Crippen LogP contribution in [0, 0.1) is 0 Å². The Morgan fingerprint density at radius 2 is 2.00 bits per heavy atom. The zero-order valence-electron chi connectivity index (χ0n) is 15.4. The number of rotatable bonds is 8. The third kappa shape index (κ3) is 7.46. The molecular weight excluding hydrogens is 476 g/mol. The molecule has 1 aliphatic heterocycles. The maximum absolute atomic E-state index is 12.2. The molecule has 0 saturated carbocycles. The first-order valence-electron chi connectivity index (χ1n) is 8.99. The first-order chi connectivity index (χ1) is 14.0. The molecule has 2 aromatic rings. The fourth-order valence-corrected chi connectivity index (χ4v) is 4.55. The van der Waals surface area contributed by atoms with E-state index < -0.39 is 5.50 Å². The summed E-state index contributed by atoms with van der Waals surface area (Å²) in [5.74, 6) is -0.233. The van der Waals surface area contributed by atoms with Gasteiger partial charge in [-0.1, -0.05) is 22.0 Å². The fourth-order valence-electron chi connectivity index (χ4n) is 2.75. The lowest BCUT2D eigenvalue weighted by molar-refractivity contribution is -0.125. The quantitative estimate of drug-likeness (QED) is 0.450. The molecule has 2 atom stereocenters. The molecule has 2 unspecified atom stereocenters. The predicted octanol–water partition coefficient (Wildman–Crippen LogP) is 2.65. The maximum Gasteiger partial charge on any atom is 0.234 e. The molecule has 0 spiro atoms. The van der Waals surface area contributed by atoms with Crippen LogP contribution < -0.4 is 21.3 Å². The molecule has 3 amide bonds. The van der Waals surface area contributed by atoms with Gasteiger partial charge in [-0.3, -0.25) is 19.7 Å². The predicted molar refractivity (Wildman–Crippen MR) is 119 cm³/mol. The second-order valence-corrected chi connectivity index (χ2v) is 9.48. The molecule has 7 nitrogen and oxygen atoms in total. The van der Waals surface area contributed by atoms with Crippen LogP contribution >= 0.6 is 39.0 Å². The van der Waals surface area contributed by atoms with E-state index in [1.54, 1.807) is 23.5 Å². The molecule has 1 saturated heterocycles. The molecule has 10 heteroatoms. The Bertz CT molecular complexity index is 846. The van der Waals surface area contributed by atoms with Crippen LogP contribution in [-0.2, 0) is 20.9 Å². The van der Waals surface area contributed by atoms with Crippen LogP contribution in [0.15, 0.2) is 46.3 Å². The second kappa shape index (κ2) is 10.8. The summed E-state index contributed by atoms with van der Waals surface area (Å²) < 4.78 is 0.935. The van der Waals surface area contributed by atoms with Crippen molar-refractivity contribution < 1.29 is 14.4 Å². The minimum Gasteiger partial charge on any atom is -0.351 e. The number of hydrogen-bond donors (Lipinski definition) is 4. The van der Waals surface area contributed by atoms with Crippen molar-refractivity contribution in [3.05, 3.63) is 51.1 Å². The van der Waals surface area contributed by atoms with E-state index in [0.29, 0.717) is 12.2 Å². The second-order valence-electron chi connectivity index (χ2n) is 6.44. The molecule has 1 fully saturated rings. The van der Waals surface area contributed by atoms with Gasteiger partial charge in [0.15, 0.2) is 0 Å². The number of thiophene rings is 1. The number of hydrogen-bond acceptors (Lipinski definition) is 6. The van der Waals surface area contributed by atoms with E-state index in [0.717, 1.165) is 9.35 Å². The van der Waals surface area contributed by atoms with Crippen molar-refractivity contribution in [2.45, 2.75) is 30.9 Å². The number of carbonyl (C=O) groups excluding carboxylic acids is 3. The third-order valence-electron chi connectivity index (χ3n) is 4.09. The van der Waals surface area contributed by atoms with Crippen LogP contribution in [0.5, 0.6) is 0 Å². The lowest BCUT2D eigenvalue weighted by Crippen LogP contribution is -2.56. The summed E-state index contributed by atoms with van der Waals surface area (Å²) in [5, 5.41) is 13.7. The summed E-state index contributed by atoms with van der Waals surface area (Å²) in [6.07, 6.45) is 0.440. The monoisotopic (exact) mass is 496 g/mol. The number of amides is 3. The summed E-state index contributed by atoms with van der Waals surface area (Å²) >= 11 is 6.21. The molecule has 3 rings (SSSR count). The highest BCUT2D eigenvalue weighted by atomic mass is 79.9. The van der Waals surface area contributed by atoms with Gasteiger partial charge in [0.25, 0.3) is 0 Å². The molecule has 29 heavy (non-hydrogen) atoms. The Kier molecular flexibility index (Phi) is 8.10. The number of anilines is 1. The summed E-state index contributed by atoms with van der Waals surface area (Å²) in [4.78, 5) is 37.4. The Hall–Kier alpha value is -1.88. The van der Waals surface area contributed by atoms with Crippen LogP contribution in [0.25, 0.3) is 0 Å². The van der Waals surface area contributed by atoms with Crippen LogP contribution in [0.4, 0.5) is 5.69 Å². The summed E-state index contributed by atoms with van der Waals surface area (Å²) in [6, 6.07) is 10.9. The van der Waals surface area contributed by atoms with E-state index in [2.05, 4.69) is 37.2 Å². The van der Waals surface area contributed by atoms with Crippen LogP contribution in [0.3, 0.4) is 0 Å². The molecule has 2 heterocycles. The van der Waals surface area contributed by atoms with Gasteiger partial charge in [0.1, 0.15) is 5.50 Å². The van der Waals surface area contributed by atoms with Crippen molar-refractivity contribution in [1.29, 1.82) is 0 Å². The minimum absolute atomic E-state index is 0.109. The Balaban J connectivity index is 1.41. The van der Waals surface area contributed by atoms with Gasteiger partial charge >= 0.3 is 0 Å². The van der Waals surface area contributed by atoms with E-state index >= 15 is 0 Å². The molecular formula is C19H21BrN4O3S2. The van der Waals surface area contributed by atoms with Crippen molar-refractivity contribution in [3.63, 3.8) is 0 Å². The first kappa shape index (κ1) is 21.8. The molecule has 1 aromatic heterocycles. The van der Waals surface area contributed by atoms with Crippen molar-refractivity contribution in [3.8, 4) is 0 Å². The van der Waals surface area contributed by atoms with E-state index in [1.165, 1.54) is 11.8 Å². The molecule has 0 bridgehead atoms. The molecule has 0 aliphatic carbocycles. The highest BCUT2D eigenvalue weighted by Crippen LogP contribution is 2.17. The van der Waals surface area contributed by atoms with Gasteiger partial charge in [-0.2, -0.15) is 0 Å². The molecule has 4 N–H and O–H groups in total. The zero-order valence-corrected chi connectivity index (χ0v) is 18.7. The number of halogens is 1. The fraction of sp³-hybridized carbons (Fsp3) is 0.316. The van der Waals surface area contributed by atoms with Crippen LogP contribution in [0.2, 0.25) is 0 Å². The number of benzene rings is 1. The molecule has 1 aromatic carbocycles. The van der Waals surface area contributed by atoms with Gasteiger partial charge in [0.2, 0.25) is 17.7 Å². The van der Waals surface area contributed by atoms with Gasteiger partial charge in [-0.15, -0.1) is 23.1 Å². The lowest BCUT2D eigenvalue weighted by Gasteiger charge is -2.30. The maximum atomic E-state index is 12.2. The van der Waals surface area contributed by atoms with Gasteiger partial charge in [-0.25, -0.2) is 0 Å². The SMILES string of the molecule is O=C(CC1CC(=O)NC(SCC(=O)Nc2ccc(Br)cc2)N1)NCc1cccs1.